The van der Waals surface area contributed by atoms with Crippen molar-refractivity contribution >= 4 is 23.1 Å². The van der Waals surface area contributed by atoms with E-state index in [9.17, 15) is 0 Å². The molecule has 4 N–H and O–H groups in total. The van der Waals surface area contributed by atoms with Crippen molar-refractivity contribution in [1.29, 1.82) is 0 Å². The van der Waals surface area contributed by atoms with Crippen LogP contribution in [0.15, 0.2) is 20.6 Å². The molecule has 0 amide bonds. The van der Waals surface area contributed by atoms with Gasteiger partial charge in [-0.2, -0.15) is 0 Å². The molecule has 0 aromatic rings. The monoisotopic (exact) mass is 300 g/mol. The summed E-state index contributed by atoms with van der Waals surface area (Å²) >= 11 is 0. The maximum atomic E-state index is 9.04. The smallest absolute Gasteiger partial charge is 0.192 e. The van der Waals surface area contributed by atoms with Crippen LogP contribution in [0.3, 0.4) is 0 Å². The van der Waals surface area contributed by atoms with E-state index in [2.05, 4.69) is 20.6 Å². The Kier molecular flexibility index (Phi) is 6.24. The van der Waals surface area contributed by atoms with E-state index in [1.165, 1.54) is 13.8 Å². The fourth-order valence-corrected chi connectivity index (χ4v) is 2.16. The second-order valence-electron chi connectivity index (χ2n) is 4.55. The van der Waals surface area contributed by atoms with Crippen molar-refractivity contribution in [3.63, 3.8) is 0 Å². The van der Waals surface area contributed by atoms with Gasteiger partial charge in [-0.1, -0.05) is 20.6 Å². The Balaban J connectivity index is 2.83. The van der Waals surface area contributed by atoms with Crippen LogP contribution < -0.4 is 0 Å². The van der Waals surface area contributed by atoms with E-state index in [1.54, 1.807) is 9.80 Å². The van der Waals surface area contributed by atoms with Gasteiger partial charge in [-0.05, 0) is 20.3 Å². The van der Waals surface area contributed by atoms with Crippen molar-refractivity contribution in [1.82, 2.24) is 9.80 Å². The highest BCUT2D eigenvalue weighted by Gasteiger charge is 2.23. The molecule has 0 aromatic heterocycles. The molecule has 1 aliphatic rings. The quantitative estimate of drug-likeness (QED) is 0.250. The van der Waals surface area contributed by atoms with Crippen LogP contribution in [0.25, 0.3) is 0 Å². The number of hydrogen-bond acceptors (Lipinski definition) is 8. The predicted octanol–water partition coefficient (Wildman–Crippen LogP) is 0.270. The first-order valence-electron chi connectivity index (χ1n) is 6.41. The van der Waals surface area contributed by atoms with Gasteiger partial charge in [0.1, 0.15) is 11.4 Å². The van der Waals surface area contributed by atoms with Gasteiger partial charge in [0.2, 0.25) is 0 Å². The topological polar surface area (TPSA) is 137 Å². The van der Waals surface area contributed by atoms with Gasteiger partial charge >= 0.3 is 0 Å². The largest absolute Gasteiger partial charge is 0.411 e. The molecule has 1 heterocycles. The normalized spacial score (nSPS) is 19.7. The molecule has 0 radical (unpaired) electrons. The van der Waals surface area contributed by atoms with Crippen LogP contribution in [0.4, 0.5) is 0 Å². The van der Waals surface area contributed by atoms with Crippen molar-refractivity contribution in [2.24, 2.45) is 20.6 Å². The Morgan fingerprint density at radius 2 is 1.05 bits per heavy atom. The molecule has 118 valence electrons. The Morgan fingerprint density at radius 1 is 0.667 bits per heavy atom. The van der Waals surface area contributed by atoms with Crippen molar-refractivity contribution < 1.29 is 20.8 Å². The molecule has 0 saturated carbocycles. The van der Waals surface area contributed by atoms with Crippen LogP contribution in [-0.2, 0) is 0 Å². The van der Waals surface area contributed by atoms with E-state index < -0.39 is 0 Å². The first-order valence-corrected chi connectivity index (χ1v) is 6.41. The van der Waals surface area contributed by atoms with E-state index in [1.807, 2.05) is 0 Å². The molecule has 21 heavy (non-hydrogen) atoms. The van der Waals surface area contributed by atoms with E-state index in [0.29, 0.717) is 32.6 Å². The minimum Gasteiger partial charge on any atom is -0.411 e. The Bertz CT molecular complexity index is 431. The third-order valence-corrected chi connectivity index (χ3v) is 3.23. The van der Waals surface area contributed by atoms with Gasteiger partial charge < -0.3 is 30.6 Å². The molecule has 1 saturated heterocycles. The van der Waals surface area contributed by atoms with Crippen LogP contribution in [0, 0.1) is 0 Å². The van der Waals surface area contributed by atoms with Gasteiger partial charge in [-0.3, -0.25) is 0 Å². The molecule has 1 rings (SSSR count). The molecule has 0 aromatic carbocycles. The number of rotatable bonds is 2. The lowest BCUT2D eigenvalue weighted by molar-refractivity contribution is 0.295. The van der Waals surface area contributed by atoms with Gasteiger partial charge in [-0.25, -0.2) is 0 Å². The number of hydrogen-bond donors (Lipinski definition) is 4. The van der Waals surface area contributed by atoms with Crippen molar-refractivity contribution in [3.05, 3.63) is 0 Å². The minimum absolute atomic E-state index is 0.189. The molecule has 0 unspecified atom stereocenters. The second kappa shape index (κ2) is 7.92. The van der Waals surface area contributed by atoms with Crippen molar-refractivity contribution in [2.45, 2.75) is 20.3 Å². The third-order valence-electron chi connectivity index (χ3n) is 3.23. The zero-order chi connectivity index (χ0) is 15.8. The van der Waals surface area contributed by atoms with E-state index in [-0.39, 0.29) is 23.1 Å². The summed E-state index contributed by atoms with van der Waals surface area (Å²) in [5.74, 6) is 0.378. The average molecular weight is 300 g/mol. The Morgan fingerprint density at radius 3 is 1.33 bits per heavy atom. The predicted molar refractivity (Wildman–Crippen MR) is 76.0 cm³/mol. The van der Waals surface area contributed by atoms with Crippen LogP contribution in [0.1, 0.15) is 20.3 Å². The molecular weight excluding hydrogens is 280 g/mol. The lowest BCUT2D eigenvalue weighted by Gasteiger charge is -2.24. The molecular formula is C11H20N6O4. The Labute approximate surface area is 121 Å². The molecule has 1 aliphatic heterocycles. The lowest BCUT2D eigenvalue weighted by atomic mass is 10.3. The first kappa shape index (κ1) is 16.5. The van der Waals surface area contributed by atoms with E-state index in [0.717, 1.165) is 0 Å². The van der Waals surface area contributed by atoms with Gasteiger partial charge in [0, 0.05) is 26.2 Å². The average Bonchev–Trinajstić information content (AvgIpc) is 2.74. The van der Waals surface area contributed by atoms with Crippen LogP contribution in [-0.4, -0.2) is 79.9 Å². The molecule has 0 aliphatic carbocycles. The summed E-state index contributed by atoms with van der Waals surface area (Å²) in [7, 11) is 0. The Hall–Kier alpha value is -2.52. The summed E-state index contributed by atoms with van der Waals surface area (Å²) in [6, 6.07) is 0. The summed E-state index contributed by atoms with van der Waals surface area (Å²) in [6.07, 6.45) is 0.690. The molecule has 0 spiro atoms. The maximum Gasteiger partial charge on any atom is 0.192 e. The number of oxime groups is 4. The SMILES string of the molecule is CC(=NO)C(=NO)N1CCCN(C(=NO)C(C)=NO)CC1. The summed E-state index contributed by atoms with van der Waals surface area (Å²) < 4.78 is 0. The van der Waals surface area contributed by atoms with Gasteiger partial charge in [-0.15, -0.1) is 0 Å². The van der Waals surface area contributed by atoms with Crippen molar-refractivity contribution in [2.75, 3.05) is 26.2 Å². The fraction of sp³-hybridized carbons (Fsp3) is 0.636. The van der Waals surface area contributed by atoms with Crippen LogP contribution in [0.5, 0.6) is 0 Å². The third kappa shape index (κ3) is 3.97. The zero-order valence-corrected chi connectivity index (χ0v) is 12.0. The minimum atomic E-state index is 0.189. The summed E-state index contributed by atoms with van der Waals surface area (Å²) in [4.78, 5) is 3.52. The summed E-state index contributed by atoms with van der Waals surface area (Å²) in [5.41, 5.74) is 0.408. The zero-order valence-electron chi connectivity index (χ0n) is 12.0. The molecule has 0 atom stereocenters. The fourth-order valence-electron chi connectivity index (χ4n) is 2.16. The molecule has 10 heteroatoms. The van der Waals surface area contributed by atoms with Crippen molar-refractivity contribution in [3.8, 4) is 0 Å². The summed E-state index contributed by atoms with van der Waals surface area (Å²) in [6.45, 7) is 5.14. The first-order chi connectivity index (χ1) is 10.1. The number of amidine groups is 2. The molecule has 0 bridgehead atoms. The van der Waals surface area contributed by atoms with Crippen LogP contribution in [0.2, 0.25) is 0 Å². The van der Waals surface area contributed by atoms with Gasteiger partial charge in [0.25, 0.3) is 0 Å². The highest BCUT2D eigenvalue weighted by molar-refractivity contribution is 6.40. The molecule has 1 fully saturated rings. The maximum absolute atomic E-state index is 9.04. The summed E-state index contributed by atoms with van der Waals surface area (Å²) in [5, 5.41) is 48.0. The molecule has 10 nitrogen and oxygen atoms in total. The number of nitrogens with zero attached hydrogens (tertiary/aromatic N) is 6. The lowest BCUT2D eigenvalue weighted by Crippen LogP contribution is -2.41. The van der Waals surface area contributed by atoms with E-state index >= 15 is 0 Å². The highest BCUT2D eigenvalue weighted by Crippen LogP contribution is 2.07. The highest BCUT2D eigenvalue weighted by atomic mass is 16.4. The van der Waals surface area contributed by atoms with Crippen LogP contribution >= 0.6 is 0 Å². The van der Waals surface area contributed by atoms with E-state index in [4.69, 9.17) is 20.8 Å². The van der Waals surface area contributed by atoms with Gasteiger partial charge in [0.05, 0.1) is 0 Å². The second-order valence-corrected chi connectivity index (χ2v) is 4.55. The standard InChI is InChI=1S/C11H20N6O4/c1-8(12-18)10(14-20)16-4-3-5-17(7-6-16)11(15-21)9(2)13-19/h18-21H,3-7H2,1-2H3. The van der Waals surface area contributed by atoms with Gasteiger partial charge in [0.15, 0.2) is 11.7 Å².